The van der Waals surface area contributed by atoms with Gasteiger partial charge in [-0.25, -0.2) is 0 Å². The Hall–Kier alpha value is -3.14. The summed E-state index contributed by atoms with van der Waals surface area (Å²) in [4.78, 5) is 22.5. The number of carbonyl (C=O) groups is 1. The minimum atomic E-state index is -0.386. The van der Waals surface area contributed by atoms with Gasteiger partial charge < -0.3 is 9.52 Å². The molecule has 0 unspecified atom stereocenters. The van der Waals surface area contributed by atoms with Crippen LogP contribution in [0.5, 0.6) is 5.75 Å². The van der Waals surface area contributed by atoms with Crippen LogP contribution in [0, 0.1) is 0 Å². The van der Waals surface area contributed by atoms with Crippen LogP contribution >= 0.6 is 0 Å². The van der Waals surface area contributed by atoms with Gasteiger partial charge in [-0.1, -0.05) is 67.6 Å². The average Bonchev–Trinajstić information content (AvgIpc) is 2.65. The van der Waals surface area contributed by atoms with Crippen molar-refractivity contribution >= 4 is 5.78 Å². The summed E-state index contributed by atoms with van der Waals surface area (Å²) in [5, 5.41) is 8.99. The first-order chi connectivity index (χ1) is 11.6. The molecule has 0 bridgehead atoms. The van der Waals surface area contributed by atoms with Crippen LogP contribution in [0.3, 0.4) is 0 Å². The second kappa shape index (κ2) is 8.48. The van der Waals surface area contributed by atoms with Crippen LogP contribution in [-0.4, -0.2) is 10.9 Å². The Labute approximate surface area is 140 Å². The van der Waals surface area contributed by atoms with Gasteiger partial charge in [0, 0.05) is 23.6 Å². The van der Waals surface area contributed by atoms with Crippen molar-refractivity contribution in [2.75, 3.05) is 0 Å². The van der Waals surface area contributed by atoms with Crippen molar-refractivity contribution in [2.24, 2.45) is 0 Å². The third-order valence-corrected chi connectivity index (χ3v) is 3.32. The molecule has 1 aromatic heterocycles. The van der Waals surface area contributed by atoms with Crippen LogP contribution in [0.15, 0.2) is 82.2 Å². The Morgan fingerprint density at radius 2 is 1.42 bits per heavy atom. The summed E-state index contributed by atoms with van der Waals surface area (Å²) < 4.78 is 4.84. The van der Waals surface area contributed by atoms with E-state index in [-0.39, 0.29) is 17.0 Å². The number of hydrogen-bond donors (Lipinski definition) is 1. The molecule has 24 heavy (non-hydrogen) atoms. The molecule has 3 rings (SSSR count). The van der Waals surface area contributed by atoms with E-state index < -0.39 is 0 Å². The lowest BCUT2D eigenvalue weighted by molar-refractivity contribution is 0.103. The van der Waals surface area contributed by atoms with E-state index in [1.165, 1.54) is 12.3 Å². The molecule has 1 heterocycles. The van der Waals surface area contributed by atoms with Crippen LogP contribution < -0.4 is 5.43 Å². The maximum Gasteiger partial charge on any atom is 0.226 e. The average molecular weight is 322 g/mol. The highest BCUT2D eigenvalue weighted by molar-refractivity contribution is 6.08. The number of rotatable bonds is 3. The Kier molecular flexibility index (Phi) is 6.08. The van der Waals surface area contributed by atoms with Gasteiger partial charge in [-0.2, -0.15) is 0 Å². The molecule has 0 saturated heterocycles. The fourth-order valence-electron chi connectivity index (χ4n) is 2.05. The first kappa shape index (κ1) is 17.2. The summed E-state index contributed by atoms with van der Waals surface area (Å²) in [6.07, 6.45) is 1.81. The van der Waals surface area contributed by atoms with Gasteiger partial charge in [0.1, 0.15) is 5.76 Å². The molecular formula is C20H18O4. The van der Waals surface area contributed by atoms with Gasteiger partial charge in [-0.05, 0) is 0 Å². The standard InChI is InChI=1S/C13H10O.C7H8O3/c14-13(11-7-3-1-4-8-11)12-9-5-2-6-10-12;1-2-6-7(9)5(8)3-4-10-6/h1-10H;3-4,9H,2H2,1H3. The highest BCUT2D eigenvalue weighted by Crippen LogP contribution is 2.10. The molecule has 0 aliphatic rings. The molecule has 4 heteroatoms. The molecule has 122 valence electrons. The van der Waals surface area contributed by atoms with E-state index in [1.807, 2.05) is 60.7 Å². The molecule has 0 amide bonds. The predicted octanol–water partition coefficient (Wildman–Crippen LogP) is 3.83. The summed E-state index contributed by atoms with van der Waals surface area (Å²) in [6, 6.07) is 19.8. The Bertz CT molecular complexity index is 795. The van der Waals surface area contributed by atoms with Crippen LogP contribution in [0.4, 0.5) is 0 Å². The quantitative estimate of drug-likeness (QED) is 0.744. The highest BCUT2D eigenvalue weighted by atomic mass is 16.4. The second-order valence-corrected chi connectivity index (χ2v) is 4.97. The number of aromatic hydroxyl groups is 1. The van der Waals surface area contributed by atoms with Crippen molar-refractivity contribution in [3.05, 3.63) is 100 Å². The lowest BCUT2D eigenvalue weighted by Crippen LogP contribution is -1.99. The molecule has 0 radical (unpaired) electrons. The first-order valence-corrected chi connectivity index (χ1v) is 7.58. The topological polar surface area (TPSA) is 67.5 Å². The summed E-state index contributed by atoms with van der Waals surface area (Å²) in [7, 11) is 0. The van der Waals surface area contributed by atoms with E-state index in [0.717, 1.165) is 11.1 Å². The van der Waals surface area contributed by atoms with Crippen molar-refractivity contribution in [2.45, 2.75) is 13.3 Å². The van der Waals surface area contributed by atoms with Gasteiger partial charge in [0.05, 0.1) is 6.26 Å². The lowest BCUT2D eigenvalue weighted by Gasteiger charge is -1.99. The van der Waals surface area contributed by atoms with Gasteiger partial charge in [0.2, 0.25) is 11.2 Å². The number of hydrogen-bond acceptors (Lipinski definition) is 4. The van der Waals surface area contributed by atoms with Crippen LogP contribution in [0.1, 0.15) is 28.6 Å². The minimum Gasteiger partial charge on any atom is -0.502 e. The fourth-order valence-corrected chi connectivity index (χ4v) is 2.05. The molecule has 0 atom stereocenters. The van der Waals surface area contributed by atoms with Crippen LogP contribution in [0.25, 0.3) is 0 Å². The van der Waals surface area contributed by atoms with Gasteiger partial charge in [-0.15, -0.1) is 0 Å². The van der Waals surface area contributed by atoms with Crippen LogP contribution in [0.2, 0.25) is 0 Å². The van der Waals surface area contributed by atoms with E-state index in [2.05, 4.69) is 0 Å². The predicted molar refractivity (Wildman–Crippen MR) is 92.3 cm³/mol. The van der Waals surface area contributed by atoms with E-state index in [1.54, 1.807) is 6.92 Å². The molecule has 2 aromatic carbocycles. The minimum absolute atomic E-state index is 0.0752. The van der Waals surface area contributed by atoms with Gasteiger partial charge >= 0.3 is 0 Å². The molecule has 0 spiro atoms. The molecule has 3 aromatic rings. The van der Waals surface area contributed by atoms with Gasteiger partial charge in [-0.3, -0.25) is 9.59 Å². The summed E-state index contributed by atoms with van der Waals surface area (Å²) in [5.41, 5.74) is 1.08. The molecule has 0 aliphatic carbocycles. The number of ketones is 1. The van der Waals surface area contributed by atoms with E-state index in [4.69, 9.17) is 9.52 Å². The second-order valence-electron chi connectivity index (χ2n) is 4.97. The molecule has 0 aliphatic heterocycles. The van der Waals surface area contributed by atoms with E-state index >= 15 is 0 Å². The van der Waals surface area contributed by atoms with Crippen molar-refractivity contribution in [1.29, 1.82) is 0 Å². The number of benzene rings is 2. The Morgan fingerprint density at radius 3 is 1.83 bits per heavy atom. The summed E-state index contributed by atoms with van der Waals surface area (Å²) in [5.74, 6) is 0.142. The zero-order chi connectivity index (χ0) is 17.4. The summed E-state index contributed by atoms with van der Waals surface area (Å²) >= 11 is 0. The molecule has 1 N–H and O–H groups in total. The maximum atomic E-state index is 11.8. The van der Waals surface area contributed by atoms with Crippen molar-refractivity contribution < 1.29 is 14.3 Å². The SMILES string of the molecule is CCc1occc(=O)c1O.O=C(c1ccccc1)c1ccccc1. The van der Waals surface area contributed by atoms with Gasteiger partial charge in [0.25, 0.3) is 0 Å². The largest absolute Gasteiger partial charge is 0.502 e. The van der Waals surface area contributed by atoms with E-state index in [0.29, 0.717) is 12.2 Å². The van der Waals surface area contributed by atoms with Gasteiger partial charge in [0.15, 0.2) is 5.78 Å². The number of carbonyl (C=O) groups excluding carboxylic acids is 1. The molecular weight excluding hydrogens is 304 g/mol. The monoisotopic (exact) mass is 322 g/mol. The van der Waals surface area contributed by atoms with Crippen molar-refractivity contribution in [1.82, 2.24) is 0 Å². The highest BCUT2D eigenvalue weighted by Gasteiger charge is 2.06. The third kappa shape index (κ3) is 4.43. The zero-order valence-corrected chi connectivity index (χ0v) is 13.3. The molecule has 4 nitrogen and oxygen atoms in total. The zero-order valence-electron chi connectivity index (χ0n) is 13.3. The Balaban J connectivity index is 0.000000185. The maximum absolute atomic E-state index is 11.8. The normalized spacial score (nSPS) is 9.71. The Morgan fingerprint density at radius 1 is 0.917 bits per heavy atom. The fraction of sp³-hybridized carbons (Fsp3) is 0.100. The smallest absolute Gasteiger partial charge is 0.226 e. The van der Waals surface area contributed by atoms with E-state index in [9.17, 15) is 9.59 Å². The van der Waals surface area contributed by atoms with Crippen LogP contribution in [-0.2, 0) is 6.42 Å². The molecule has 0 fully saturated rings. The number of aryl methyl sites for hydroxylation is 1. The molecule has 0 saturated carbocycles. The lowest BCUT2D eigenvalue weighted by atomic mass is 10.0. The first-order valence-electron chi connectivity index (χ1n) is 7.58. The third-order valence-electron chi connectivity index (χ3n) is 3.32. The van der Waals surface area contributed by atoms with Crippen molar-refractivity contribution in [3.63, 3.8) is 0 Å². The van der Waals surface area contributed by atoms with Crippen molar-refractivity contribution in [3.8, 4) is 5.75 Å². The summed E-state index contributed by atoms with van der Waals surface area (Å²) in [6.45, 7) is 1.80.